The minimum absolute atomic E-state index is 0.0253. The van der Waals surface area contributed by atoms with Gasteiger partial charge in [-0.25, -0.2) is 0 Å². The van der Waals surface area contributed by atoms with Crippen LogP contribution in [0.2, 0.25) is 0 Å². The highest BCUT2D eigenvalue weighted by Crippen LogP contribution is 2.37. The van der Waals surface area contributed by atoms with Crippen molar-refractivity contribution in [3.8, 4) is 0 Å². The summed E-state index contributed by atoms with van der Waals surface area (Å²) in [6.07, 6.45) is 5.09. The molecule has 0 aromatic heterocycles. The summed E-state index contributed by atoms with van der Waals surface area (Å²) >= 11 is 0. The first-order chi connectivity index (χ1) is 10.7. The minimum Gasteiger partial charge on any atom is -0.462 e. The third-order valence-electron chi connectivity index (χ3n) is 4.91. The molecule has 3 unspecified atom stereocenters. The van der Waals surface area contributed by atoms with Crippen molar-refractivity contribution in [2.24, 2.45) is 5.92 Å². The standard InChI is InChI=1S/C18H23NO3/c1-13(20)22-17-11-12-19(16-10-6-5-9-15(16)17)18(21)14-7-3-2-4-8-14/h2-4,7-8,15-17H,5-6,9-12H2,1H3. The molecule has 4 nitrogen and oxygen atoms in total. The Kier molecular flexibility index (Phi) is 4.46. The van der Waals surface area contributed by atoms with Crippen molar-refractivity contribution >= 4 is 11.9 Å². The lowest BCUT2D eigenvalue weighted by molar-refractivity contribution is -0.154. The van der Waals surface area contributed by atoms with Crippen LogP contribution in [0.5, 0.6) is 0 Å². The zero-order chi connectivity index (χ0) is 15.5. The number of fused-ring (bicyclic) bond motifs is 1. The summed E-state index contributed by atoms with van der Waals surface area (Å²) in [5.74, 6) is 0.190. The Hall–Kier alpha value is -1.84. The Balaban J connectivity index is 1.79. The quantitative estimate of drug-likeness (QED) is 0.789. The van der Waals surface area contributed by atoms with Crippen LogP contribution in [0, 0.1) is 5.92 Å². The maximum Gasteiger partial charge on any atom is 0.302 e. The lowest BCUT2D eigenvalue weighted by Crippen LogP contribution is -2.55. The Morgan fingerprint density at radius 1 is 1.09 bits per heavy atom. The zero-order valence-corrected chi connectivity index (χ0v) is 13.0. The molecule has 118 valence electrons. The van der Waals surface area contributed by atoms with Gasteiger partial charge in [-0.3, -0.25) is 9.59 Å². The number of ether oxygens (including phenoxy) is 1. The number of carbonyl (C=O) groups is 2. The van der Waals surface area contributed by atoms with Crippen molar-refractivity contribution in [3.63, 3.8) is 0 Å². The van der Waals surface area contributed by atoms with E-state index in [1.54, 1.807) is 0 Å². The number of esters is 1. The highest BCUT2D eigenvalue weighted by Gasteiger charge is 2.42. The maximum atomic E-state index is 12.8. The van der Waals surface area contributed by atoms with Crippen molar-refractivity contribution < 1.29 is 14.3 Å². The summed E-state index contributed by atoms with van der Waals surface area (Å²) in [6, 6.07) is 9.68. The fourth-order valence-corrected chi connectivity index (χ4v) is 3.97. The van der Waals surface area contributed by atoms with Crippen LogP contribution in [0.4, 0.5) is 0 Å². The van der Waals surface area contributed by atoms with Gasteiger partial charge in [-0.1, -0.05) is 31.0 Å². The molecule has 0 spiro atoms. The normalized spacial score (nSPS) is 27.9. The molecule has 2 fully saturated rings. The zero-order valence-electron chi connectivity index (χ0n) is 13.0. The summed E-state index contributed by atoms with van der Waals surface area (Å²) in [4.78, 5) is 26.1. The highest BCUT2D eigenvalue weighted by molar-refractivity contribution is 5.94. The van der Waals surface area contributed by atoms with E-state index in [0.29, 0.717) is 12.5 Å². The Bertz CT molecular complexity index is 543. The summed E-state index contributed by atoms with van der Waals surface area (Å²) in [5, 5.41) is 0. The predicted octanol–water partition coefficient (Wildman–Crippen LogP) is 3.02. The van der Waals surface area contributed by atoms with Crippen LogP contribution in [0.1, 0.15) is 49.4 Å². The largest absolute Gasteiger partial charge is 0.462 e. The van der Waals surface area contributed by atoms with Crippen LogP contribution in [0.3, 0.4) is 0 Å². The highest BCUT2D eigenvalue weighted by atomic mass is 16.5. The van der Waals surface area contributed by atoms with Gasteiger partial charge < -0.3 is 9.64 Å². The molecule has 22 heavy (non-hydrogen) atoms. The first-order valence-electron chi connectivity index (χ1n) is 8.20. The number of likely N-dealkylation sites (tertiary alicyclic amines) is 1. The van der Waals surface area contributed by atoms with Gasteiger partial charge in [0.15, 0.2) is 0 Å². The smallest absolute Gasteiger partial charge is 0.302 e. The van der Waals surface area contributed by atoms with Crippen molar-refractivity contribution in [1.82, 2.24) is 4.90 Å². The molecule has 1 aliphatic carbocycles. The summed E-state index contributed by atoms with van der Waals surface area (Å²) in [5.41, 5.74) is 0.748. The first kappa shape index (κ1) is 15.1. The number of rotatable bonds is 2. The van der Waals surface area contributed by atoms with Crippen LogP contribution in [-0.4, -0.2) is 35.5 Å². The minimum atomic E-state index is -0.211. The molecular formula is C18H23NO3. The van der Waals surface area contributed by atoms with Crippen molar-refractivity contribution in [1.29, 1.82) is 0 Å². The predicted molar refractivity (Wildman–Crippen MR) is 83.4 cm³/mol. The van der Waals surface area contributed by atoms with Gasteiger partial charge in [0.2, 0.25) is 0 Å². The molecule has 0 bridgehead atoms. The molecule has 1 saturated heterocycles. The maximum absolute atomic E-state index is 12.8. The number of amides is 1. The Morgan fingerprint density at radius 2 is 1.82 bits per heavy atom. The van der Waals surface area contributed by atoms with Gasteiger partial charge in [0.25, 0.3) is 5.91 Å². The third-order valence-corrected chi connectivity index (χ3v) is 4.91. The van der Waals surface area contributed by atoms with Gasteiger partial charge in [0, 0.05) is 37.4 Å². The van der Waals surface area contributed by atoms with E-state index in [1.165, 1.54) is 6.92 Å². The van der Waals surface area contributed by atoms with Crippen molar-refractivity contribution in [2.45, 2.75) is 51.2 Å². The molecule has 3 rings (SSSR count). The topological polar surface area (TPSA) is 46.6 Å². The lowest BCUT2D eigenvalue weighted by Gasteiger charge is -2.47. The Labute approximate surface area is 131 Å². The van der Waals surface area contributed by atoms with Gasteiger partial charge >= 0.3 is 5.97 Å². The number of piperidine rings is 1. The van der Waals surface area contributed by atoms with Crippen LogP contribution >= 0.6 is 0 Å². The van der Waals surface area contributed by atoms with E-state index in [9.17, 15) is 9.59 Å². The second kappa shape index (κ2) is 6.51. The van der Waals surface area contributed by atoms with Gasteiger partial charge in [-0.05, 0) is 25.0 Å². The molecular weight excluding hydrogens is 278 g/mol. The van der Waals surface area contributed by atoms with Crippen LogP contribution < -0.4 is 0 Å². The number of nitrogens with zero attached hydrogens (tertiary/aromatic N) is 1. The fourth-order valence-electron chi connectivity index (χ4n) is 3.97. The summed E-state index contributed by atoms with van der Waals surface area (Å²) < 4.78 is 5.52. The first-order valence-corrected chi connectivity index (χ1v) is 8.20. The van der Waals surface area contributed by atoms with Crippen LogP contribution in [0.15, 0.2) is 30.3 Å². The average Bonchev–Trinajstić information content (AvgIpc) is 2.55. The molecule has 1 aliphatic heterocycles. The van der Waals surface area contributed by atoms with Crippen molar-refractivity contribution in [3.05, 3.63) is 35.9 Å². The fraction of sp³-hybridized carbons (Fsp3) is 0.556. The molecule has 0 radical (unpaired) electrons. The van der Waals surface area contributed by atoms with E-state index < -0.39 is 0 Å². The van der Waals surface area contributed by atoms with E-state index in [0.717, 1.165) is 37.7 Å². The van der Waals surface area contributed by atoms with Gasteiger partial charge in [-0.15, -0.1) is 0 Å². The molecule has 1 aromatic carbocycles. The van der Waals surface area contributed by atoms with Crippen LogP contribution in [-0.2, 0) is 9.53 Å². The molecule has 3 atom stereocenters. The molecule has 1 saturated carbocycles. The second-order valence-corrected chi connectivity index (χ2v) is 6.32. The van der Waals surface area contributed by atoms with Gasteiger partial charge in [-0.2, -0.15) is 0 Å². The van der Waals surface area contributed by atoms with E-state index in [2.05, 4.69) is 0 Å². The SMILES string of the molecule is CC(=O)OC1CCN(C(=O)c2ccccc2)C2CCCCC12. The van der Waals surface area contributed by atoms with Crippen LogP contribution in [0.25, 0.3) is 0 Å². The average molecular weight is 301 g/mol. The number of hydrogen-bond donors (Lipinski definition) is 0. The Morgan fingerprint density at radius 3 is 2.55 bits per heavy atom. The molecule has 1 heterocycles. The molecule has 0 N–H and O–H groups in total. The molecule has 2 aliphatic rings. The summed E-state index contributed by atoms with van der Waals surface area (Å²) in [7, 11) is 0. The van der Waals surface area contributed by atoms with E-state index in [4.69, 9.17) is 4.74 Å². The number of hydrogen-bond acceptors (Lipinski definition) is 3. The molecule has 1 aromatic rings. The summed E-state index contributed by atoms with van der Waals surface area (Å²) in [6.45, 7) is 2.15. The number of carbonyl (C=O) groups excluding carboxylic acids is 2. The lowest BCUT2D eigenvalue weighted by atomic mass is 9.76. The molecule has 1 amide bonds. The van der Waals surface area contributed by atoms with E-state index >= 15 is 0 Å². The monoisotopic (exact) mass is 301 g/mol. The van der Waals surface area contributed by atoms with E-state index in [-0.39, 0.29) is 24.0 Å². The second-order valence-electron chi connectivity index (χ2n) is 6.32. The van der Waals surface area contributed by atoms with Gasteiger partial charge in [0.1, 0.15) is 6.10 Å². The third kappa shape index (κ3) is 3.01. The van der Waals surface area contributed by atoms with Crippen molar-refractivity contribution in [2.75, 3.05) is 6.54 Å². The number of benzene rings is 1. The van der Waals surface area contributed by atoms with Gasteiger partial charge in [0.05, 0.1) is 0 Å². The molecule has 4 heteroatoms. The van der Waals surface area contributed by atoms with E-state index in [1.807, 2.05) is 35.2 Å².